The van der Waals surface area contributed by atoms with Crippen molar-refractivity contribution in [3.8, 4) is 11.3 Å². The van der Waals surface area contributed by atoms with Crippen molar-refractivity contribution in [2.24, 2.45) is 0 Å². The number of aromatic nitrogens is 1. The highest BCUT2D eigenvalue weighted by Crippen LogP contribution is 2.31. The largest absolute Gasteiger partial charge is 0.344 e. The molecule has 0 unspecified atom stereocenters. The Balaban J connectivity index is 2.45. The van der Waals surface area contributed by atoms with Crippen LogP contribution in [0.25, 0.3) is 11.3 Å². The highest BCUT2D eigenvalue weighted by atomic mass is 16.1. The fourth-order valence-electron chi connectivity index (χ4n) is 2.95. The Kier molecular flexibility index (Phi) is 2.40. The Morgan fingerprint density at radius 2 is 1.78 bits per heavy atom. The summed E-state index contributed by atoms with van der Waals surface area (Å²) in [5.74, 6) is 0. The molecule has 0 radical (unpaired) electrons. The molecule has 0 saturated heterocycles. The van der Waals surface area contributed by atoms with E-state index in [1.165, 1.54) is 11.1 Å². The average molecular weight is 239 g/mol. The molecule has 92 valence electrons. The van der Waals surface area contributed by atoms with Gasteiger partial charge in [0.1, 0.15) is 0 Å². The highest BCUT2D eigenvalue weighted by molar-refractivity contribution is 5.69. The molecule has 2 heteroatoms. The first-order chi connectivity index (χ1) is 8.61. The molecule has 0 saturated carbocycles. The third-order valence-electron chi connectivity index (χ3n) is 4.13. The average Bonchev–Trinajstić information content (AvgIpc) is 2.41. The van der Waals surface area contributed by atoms with E-state index >= 15 is 0 Å². The van der Waals surface area contributed by atoms with Gasteiger partial charge in [0.2, 0.25) is 0 Å². The van der Waals surface area contributed by atoms with Gasteiger partial charge in [-0.2, -0.15) is 0 Å². The van der Waals surface area contributed by atoms with Gasteiger partial charge < -0.3 is 4.57 Å². The Labute approximate surface area is 107 Å². The number of hydrogen-bond acceptors (Lipinski definition) is 1. The van der Waals surface area contributed by atoms with Gasteiger partial charge >= 0.3 is 0 Å². The lowest BCUT2D eigenvalue weighted by molar-refractivity contribution is 0.652. The van der Waals surface area contributed by atoms with Crippen molar-refractivity contribution < 1.29 is 0 Å². The molecule has 0 amide bonds. The van der Waals surface area contributed by atoms with Crippen LogP contribution in [0.4, 0.5) is 0 Å². The molecule has 0 spiro atoms. The van der Waals surface area contributed by atoms with E-state index in [-0.39, 0.29) is 5.43 Å². The van der Waals surface area contributed by atoms with Gasteiger partial charge in [0.05, 0.1) is 5.69 Å². The van der Waals surface area contributed by atoms with Crippen LogP contribution in [0.3, 0.4) is 0 Å². The molecule has 0 N–H and O–H groups in total. The van der Waals surface area contributed by atoms with Crippen molar-refractivity contribution in [3.63, 3.8) is 0 Å². The van der Waals surface area contributed by atoms with Crippen LogP contribution < -0.4 is 5.43 Å². The number of benzene rings is 1. The van der Waals surface area contributed by atoms with E-state index < -0.39 is 0 Å². The molecule has 0 bridgehead atoms. The van der Waals surface area contributed by atoms with E-state index in [9.17, 15) is 4.79 Å². The van der Waals surface area contributed by atoms with Gasteiger partial charge in [-0.25, -0.2) is 0 Å². The Morgan fingerprint density at radius 1 is 1.06 bits per heavy atom. The fourth-order valence-corrected chi connectivity index (χ4v) is 2.95. The van der Waals surface area contributed by atoms with Crippen molar-refractivity contribution in [2.45, 2.75) is 33.7 Å². The minimum absolute atomic E-state index is 0.190. The molecule has 1 aromatic carbocycles. The summed E-state index contributed by atoms with van der Waals surface area (Å²) in [7, 11) is 0. The Hall–Kier alpha value is -1.83. The maximum Gasteiger partial charge on any atom is 0.188 e. The molecule has 1 aromatic heterocycles. The zero-order valence-electron chi connectivity index (χ0n) is 11.1. The van der Waals surface area contributed by atoms with Crippen LogP contribution in [-0.2, 0) is 13.0 Å². The van der Waals surface area contributed by atoms with E-state index in [4.69, 9.17) is 0 Å². The second kappa shape index (κ2) is 3.84. The predicted molar refractivity (Wildman–Crippen MR) is 74.1 cm³/mol. The van der Waals surface area contributed by atoms with Crippen LogP contribution in [0.15, 0.2) is 29.1 Å². The van der Waals surface area contributed by atoms with E-state index in [1.807, 2.05) is 26.8 Å². The lowest BCUT2D eigenvalue weighted by Gasteiger charge is -2.27. The summed E-state index contributed by atoms with van der Waals surface area (Å²) in [6.07, 6.45) is 1.05. The van der Waals surface area contributed by atoms with Gasteiger partial charge in [0.25, 0.3) is 0 Å². The third-order valence-corrected chi connectivity index (χ3v) is 4.13. The topological polar surface area (TPSA) is 22.0 Å². The smallest absolute Gasteiger partial charge is 0.188 e. The van der Waals surface area contributed by atoms with Crippen molar-refractivity contribution >= 4 is 0 Å². The fraction of sp³-hybridized carbons (Fsp3) is 0.312. The lowest BCUT2D eigenvalue weighted by atomic mass is 9.93. The minimum atomic E-state index is 0.190. The monoisotopic (exact) mass is 239 g/mol. The summed E-state index contributed by atoms with van der Waals surface area (Å²) in [5.41, 5.74) is 6.75. The molecule has 0 fully saturated rings. The molecule has 0 atom stereocenters. The molecule has 1 aliphatic heterocycles. The Bertz CT molecular complexity index is 695. The van der Waals surface area contributed by atoms with Gasteiger partial charge in [-0.15, -0.1) is 0 Å². The quantitative estimate of drug-likeness (QED) is 0.692. The maximum absolute atomic E-state index is 12.3. The van der Waals surface area contributed by atoms with Crippen LogP contribution in [0.5, 0.6) is 0 Å². The number of pyridine rings is 1. The van der Waals surface area contributed by atoms with Gasteiger partial charge in [-0.05, 0) is 32.8 Å². The first kappa shape index (κ1) is 11.3. The number of fused-ring (bicyclic) bond motifs is 3. The summed E-state index contributed by atoms with van der Waals surface area (Å²) in [6.45, 7) is 6.90. The number of hydrogen-bond donors (Lipinski definition) is 0. The number of aryl methyl sites for hydroxylation is 1. The summed E-state index contributed by atoms with van der Waals surface area (Å²) >= 11 is 0. The molecule has 2 heterocycles. The van der Waals surface area contributed by atoms with Crippen LogP contribution in [0.1, 0.15) is 22.4 Å². The molecule has 2 nitrogen and oxygen atoms in total. The highest BCUT2D eigenvalue weighted by Gasteiger charge is 2.21. The predicted octanol–water partition coefficient (Wildman–Crippen LogP) is 3.00. The Morgan fingerprint density at radius 3 is 2.56 bits per heavy atom. The second-order valence-corrected chi connectivity index (χ2v) is 5.07. The van der Waals surface area contributed by atoms with Crippen molar-refractivity contribution in [1.29, 1.82) is 0 Å². The zero-order chi connectivity index (χ0) is 12.9. The minimum Gasteiger partial charge on any atom is -0.344 e. The molecule has 2 aromatic rings. The van der Waals surface area contributed by atoms with Gasteiger partial charge in [0, 0.05) is 28.9 Å². The van der Waals surface area contributed by atoms with Crippen molar-refractivity contribution in [3.05, 3.63) is 56.9 Å². The van der Waals surface area contributed by atoms with Gasteiger partial charge in [0.15, 0.2) is 5.43 Å². The molecule has 0 aliphatic carbocycles. The SMILES string of the molecule is Cc1c(C)n2c(c(C)c1=O)-c1ccccc1CC2. The molecule has 3 rings (SSSR count). The van der Waals surface area contributed by atoms with Crippen LogP contribution in [0.2, 0.25) is 0 Å². The standard InChI is InChI=1S/C16H17NO/c1-10-12(3)17-9-8-13-6-4-5-7-14(13)15(17)11(2)16(10)18/h4-7H,8-9H2,1-3H3. The lowest BCUT2D eigenvalue weighted by Crippen LogP contribution is -2.24. The molecule has 18 heavy (non-hydrogen) atoms. The summed E-state index contributed by atoms with van der Waals surface area (Å²) in [6, 6.07) is 8.41. The normalized spacial score (nSPS) is 13.1. The van der Waals surface area contributed by atoms with Crippen LogP contribution >= 0.6 is 0 Å². The van der Waals surface area contributed by atoms with Gasteiger partial charge in [-0.1, -0.05) is 24.3 Å². The van der Waals surface area contributed by atoms with E-state index in [1.54, 1.807) is 0 Å². The zero-order valence-corrected chi connectivity index (χ0v) is 11.1. The van der Waals surface area contributed by atoms with Crippen molar-refractivity contribution in [2.75, 3.05) is 0 Å². The van der Waals surface area contributed by atoms with Crippen molar-refractivity contribution in [1.82, 2.24) is 4.57 Å². The van der Waals surface area contributed by atoms with E-state index in [0.29, 0.717) is 0 Å². The van der Waals surface area contributed by atoms with E-state index in [2.05, 4.69) is 22.8 Å². The third kappa shape index (κ3) is 1.38. The first-order valence-corrected chi connectivity index (χ1v) is 6.40. The van der Waals surface area contributed by atoms with Crippen LogP contribution in [-0.4, -0.2) is 4.57 Å². The second-order valence-electron chi connectivity index (χ2n) is 5.07. The molecule has 1 aliphatic rings. The van der Waals surface area contributed by atoms with Crippen LogP contribution in [0, 0.1) is 20.8 Å². The maximum atomic E-state index is 12.3. The first-order valence-electron chi connectivity index (χ1n) is 6.40. The summed E-state index contributed by atoms with van der Waals surface area (Å²) < 4.78 is 2.30. The molecular formula is C16H17NO. The number of nitrogens with zero attached hydrogens (tertiary/aromatic N) is 1. The summed E-state index contributed by atoms with van der Waals surface area (Å²) in [5, 5.41) is 0. The molecular weight excluding hydrogens is 222 g/mol. The van der Waals surface area contributed by atoms with E-state index in [0.717, 1.165) is 35.5 Å². The summed E-state index contributed by atoms with van der Waals surface area (Å²) in [4.78, 5) is 12.3. The van der Waals surface area contributed by atoms with Gasteiger partial charge in [-0.3, -0.25) is 4.79 Å². The number of rotatable bonds is 0.